The fourth-order valence-corrected chi connectivity index (χ4v) is 3.72. The number of carbonyl (C=O) groups is 1. The van der Waals surface area contributed by atoms with Crippen LogP contribution in [0.2, 0.25) is 0 Å². The Hall–Kier alpha value is -1.35. The van der Waals surface area contributed by atoms with Crippen molar-refractivity contribution < 1.29 is 4.79 Å². The first-order valence-electron chi connectivity index (χ1n) is 8.36. The molecule has 1 aromatic rings. The second kappa shape index (κ2) is 7.08. The van der Waals surface area contributed by atoms with Gasteiger partial charge in [-0.3, -0.25) is 4.79 Å². The minimum absolute atomic E-state index is 0.375. The Morgan fingerprint density at radius 3 is 2.38 bits per heavy atom. The van der Waals surface area contributed by atoms with Crippen LogP contribution in [0.4, 0.5) is 0 Å². The van der Waals surface area contributed by atoms with Gasteiger partial charge < -0.3 is 10.2 Å². The lowest BCUT2D eigenvalue weighted by Gasteiger charge is -2.32. The molecule has 3 heteroatoms. The van der Waals surface area contributed by atoms with Crippen LogP contribution in [0.15, 0.2) is 30.3 Å². The topological polar surface area (TPSA) is 32.3 Å². The molecule has 1 amide bonds. The fraction of sp³-hybridized carbons (Fsp3) is 0.611. The lowest BCUT2D eigenvalue weighted by molar-refractivity contribution is -0.133. The van der Waals surface area contributed by atoms with E-state index in [1.807, 2.05) is 4.90 Å². The zero-order valence-corrected chi connectivity index (χ0v) is 12.8. The van der Waals surface area contributed by atoms with Gasteiger partial charge in [-0.15, -0.1) is 0 Å². The SMILES string of the molecule is O=C(CC1CCC(c2ccccc2)CC1)N1CCNCC1. The van der Waals surface area contributed by atoms with E-state index in [1.54, 1.807) is 0 Å². The van der Waals surface area contributed by atoms with Crippen LogP contribution >= 0.6 is 0 Å². The number of nitrogens with zero attached hydrogens (tertiary/aromatic N) is 1. The van der Waals surface area contributed by atoms with E-state index in [9.17, 15) is 4.79 Å². The maximum absolute atomic E-state index is 12.3. The number of nitrogens with one attached hydrogen (secondary N) is 1. The monoisotopic (exact) mass is 286 g/mol. The molecule has 0 bridgehead atoms. The van der Waals surface area contributed by atoms with Crippen molar-refractivity contribution in [2.75, 3.05) is 26.2 Å². The van der Waals surface area contributed by atoms with Crippen LogP contribution in [0.5, 0.6) is 0 Å². The van der Waals surface area contributed by atoms with E-state index in [2.05, 4.69) is 35.6 Å². The highest BCUT2D eigenvalue weighted by molar-refractivity contribution is 5.76. The van der Waals surface area contributed by atoms with Gasteiger partial charge in [0.25, 0.3) is 0 Å². The van der Waals surface area contributed by atoms with Crippen LogP contribution < -0.4 is 5.32 Å². The summed E-state index contributed by atoms with van der Waals surface area (Å²) in [7, 11) is 0. The fourth-order valence-electron chi connectivity index (χ4n) is 3.72. The summed E-state index contributed by atoms with van der Waals surface area (Å²) in [4.78, 5) is 14.4. The molecule has 1 saturated carbocycles. The van der Waals surface area contributed by atoms with Gasteiger partial charge in [0.1, 0.15) is 0 Å². The average molecular weight is 286 g/mol. The van der Waals surface area contributed by atoms with Crippen molar-refractivity contribution in [3.05, 3.63) is 35.9 Å². The zero-order chi connectivity index (χ0) is 14.5. The van der Waals surface area contributed by atoms with E-state index < -0.39 is 0 Å². The van der Waals surface area contributed by atoms with Crippen LogP contribution in [0.1, 0.15) is 43.6 Å². The van der Waals surface area contributed by atoms with Crippen LogP contribution in [0.25, 0.3) is 0 Å². The molecule has 1 aliphatic heterocycles. The van der Waals surface area contributed by atoms with Crippen LogP contribution in [0, 0.1) is 5.92 Å². The maximum atomic E-state index is 12.3. The van der Waals surface area contributed by atoms with Crippen molar-refractivity contribution in [2.45, 2.75) is 38.0 Å². The van der Waals surface area contributed by atoms with Gasteiger partial charge in [0.05, 0.1) is 0 Å². The first-order chi connectivity index (χ1) is 10.3. The number of amides is 1. The molecule has 0 atom stereocenters. The van der Waals surface area contributed by atoms with Crippen LogP contribution in [-0.4, -0.2) is 37.0 Å². The van der Waals surface area contributed by atoms with Gasteiger partial charge in [-0.1, -0.05) is 30.3 Å². The van der Waals surface area contributed by atoms with Crippen molar-refractivity contribution in [1.82, 2.24) is 10.2 Å². The Balaban J connectivity index is 1.46. The number of rotatable bonds is 3. The molecule has 0 aromatic heterocycles. The summed E-state index contributed by atoms with van der Waals surface area (Å²) in [5.41, 5.74) is 1.48. The number of benzene rings is 1. The number of carbonyl (C=O) groups excluding carboxylic acids is 1. The molecular formula is C18H26N2O. The van der Waals surface area contributed by atoms with Crippen molar-refractivity contribution >= 4 is 5.91 Å². The highest BCUT2D eigenvalue weighted by atomic mass is 16.2. The van der Waals surface area contributed by atoms with E-state index in [1.165, 1.54) is 31.2 Å². The molecule has 1 heterocycles. The van der Waals surface area contributed by atoms with Crippen LogP contribution in [-0.2, 0) is 4.79 Å². The maximum Gasteiger partial charge on any atom is 0.222 e. The zero-order valence-electron chi connectivity index (χ0n) is 12.8. The lowest BCUT2D eigenvalue weighted by atomic mass is 9.77. The number of hydrogen-bond acceptors (Lipinski definition) is 2. The Kier molecular flexibility index (Phi) is 4.91. The molecule has 114 valence electrons. The molecule has 1 N–H and O–H groups in total. The van der Waals surface area contributed by atoms with Crippen molar-refractivity contribution in [2.24, 2.45) is 5.92 Å². The van der Waals surface area contributed by atoms with Gasteiger partial charge in [0.2, 0.25) is 5.91 Å². The van der Waals surface area contributed by atoms with E-state index in [0.717, 1.165) is 32.6 Å². The molecule has 1 aliphatic carbocycles. The molecule has 3 nitrogen and oxygen atoms in total. The molecule has 0 radical (unpaired) electrons. The first kappa shape index (κ1) is 14.6. The van der Waals surface area contributed by atoms with Crippen molar-refractivity contribution in [3.8, 4) is 0 Å². The van der Waals surface area contributed by atoms with E-state index in [0.29, 0.717) is 17.7 Å². The summed E-state index contributed by atoms with van der Waals surface area (Å²) in [6, 6.07) is 10.8. The van der Waals surface area contributed by atoms with Crippen molar-refractivity contribution in [1.29, 1.82) is 0 Å². The first-order valence-corrected chi connectivity index (χ1v) is 8.36. The van der Waals surface area contributed by atoms with E-state index in [4.69, 9.17) is 0 Å². The molecule has 1 saturated heterocycles. The van der Waals surface area contributed by atoms with Gasteiger partial charge in [0.15, 0.2) is 0 Å². The summed E-state index contributed by atoms with van der Waals surface area (Å²) >= 11 is 0. The third-order valence-corrected chi connectivity index (χ3v) is 5.05. The highest BCUT2D eigenvalue weighted by Gasteiger charge is 2.26. The minimum Gasteiger partial charge on any atom is -0.340 e. The summed E-state index contributed by atoms with van der Waals surface area (Å²) in [5.74, 6) is 1.68. The molecule has 0 unspecified atom stereocenters. The quantitative estimate of drug-likeness (QED) is 0.926. The minimum atomic E-state index is 0.375. The van der Waals surface area contributed by atoms with Gasteiger partial charge in [-0.05, 0) is 43.1 Å². The predicted molar refractivity (Wildman–Crippen MR) is 85.2 cm³/mol. The Bertz CT molecular complexity index is 446. The van der Waals surface area contributed by atoms with E-state index in [-0.39, 0.29) is 0 Å². The molecule has 2 aliphatic rings. The molecule has 2 fully saturated rings. The molecule has 0 spiro atoms. The van der Waals surface area contributed by atoms with Gasteiger partial charge in [-0.2, -0.15) is 0 Å². The Morgan fingerprint density at radius 1 is 1.05 bits per heavy atom. The number of piperazine rings is 1. The summed E-state index contributed by atoms with van der Waals surface area (Å²) in [6.45, 7) is 3.68. The van der Waals surface area contributed by atoms with Crippen molar-refractivity contribution in [3.63, 3.8) is 0 Å². The Morgan fingerprint density at radius 2 is 1.71 bits per heavy atom. The summed E-state index contributed by atoms with van der Waals surface area (Å²) in [6.07, 6.45) is 5.66. The average Bonchev–Trinajstić information content (AvgIpc) is 2.57. The van der Waals surface area contributed by atoms with Gasteiger partial charge in [-0.25, -0.2) is 0 Å². The normalized spacial score (nSPS) is 26.6. The summed E-state index contributed by atoms with van der Waals surface area (Å²) < 4.78 is 0. The second-order valence-electron chi connectivity index (χ2n) is 6.46. The standard InChI is InChI=1S/C18H26N2O/c21-18(20-12-10-19-11-13-20)14-15-6-8-17(9-7-15)16-4-2-1-3-5-16/h1-5,15,17,19H,6-14H2. The molecular weight excluding hydrogens is 260 g/mol. The number of hydrogen-bond donors (Lipinski definition) is 1. The van der Waals surface area contributed by atoms with E-state index >= 15 is 0 Å². The third-order valence-electron chi connectivity index (χ3n) is 5.05. The predicted octanol–water partition coefficient (Wildman–Crippen LogP) is 2.78. The Labute approximate surface area is 127 Å². The smallest absolute Gasteiger partial charge is 0.222 e. The van der Waals surface area contributed by atoms with Crippen LogP contribution in [0.3, 0.4) is 0 Å². The summed E-state index contributed by atoms with van der Waals surface area (Å²) in [5, 5.41) is 3.30. The van der Waals surface area contributed by atoms with Gasteiger partial charge in [0, 0.05) is 32.6 Å². The molecule has 21 heavy (non-hydrogen) atoms. The lowest BCUT2D eigenvalue weighted by Crippen LogP contribution is -2.46. The third kappa shape index (κ3) is 3.85. The second-order valence-corrected chi connectivity index (χ2v) is 6.46. The highest BCUT2D eigenvalue weighted by Crippen LogP contribution is 2.37. The molecule has 3 rings (SSSR count). The van der Waals surface area contributed by atoms with Gasteiger partial charge >= 0.3 is 0 Å². The molecule has 1 aromatic carbocycles. The largest absolute Gasteiger partial charge is 0.340 e.